The molecule has 0 unspecified atom stereocenters. The van der Waals surface area contributed by atoms with Crippen molar-refractivity contribution in [2.75, 3.05) is 11.2 Å². The maximum atomic E-state index is 11.2. The topological polar surface area (TPSA) is 150 Å². The van der Waals surface area contributed by atoms with Gasteiger partial charge in [-0.3, -0.25) is 15.5 Å². The number of aromatic nitrogens is 4. The Hall–Kier alpha value is -4.54. The summed E-state index contributed by atoms with van der Waals surface area (Å²) in [7, 11) is 0. The largest absolute Gasteiger partial charge is 0.460 e. The average Bonchev–Trinajstić information content (AvgIpc) is 3.35. The van der Waals surface area contributed by atoms with Gasteiger partial charge in [0.25, 0.3) is 0 Å². The van der Waals surface area contributed by atoms with Crippen molar-refractivity contribution in [2.45, 2.75) is 6.92 Å². The molecule has 3 N–H and O–H groups in total. The van der Waals surface area contributed by atoms with Crippen molar-refractivity contribution in [3.8, 4) is 17.1 Å². The first kappa shape index (κ1) is 18.8. The summed E-state index contributed by atoms with van der Waals surface area (Å²) < 4.78 is 7.40. The summed E-state index contributed by atoms with van der Waals surface area (Å²) in [6.45, 7) is 1.84. The van der Waals surface area contributed by atoms with E-state index in [9.17, 15) is 10.1 Å². The molecular weight excluding hydrogens is 388 g/mol. The summed E-state index contributed by atoms with van der Waals surface area (Å²) in [5.74, 6) is 0.944. The fourth-order valence-corrected chi connectivity index (χ4v) is 2.77. The van der Waals surface area contributed by atoms with Crippen LogP contribution in [0.2, 0.25) is 0 Å². The standard InChI is InChI=1S/C19H16N8O3/c1-12-7-8-15(30-12)16-13(10-26(25-16)14-5-3-2-4-6-14)9-23-24-19-17(27(28)29)18(20)21-11-22-19/h2-11H,1H3,(H3,20,21,22,24). The molecule has 0 spiro atoms. The first-order valence-electron chi connectivity index (χ1n) is 8.79. The predicted octanol–water partition coefficient (Wildman–Crippen LogP) is 3.17. The average molecular weight is 404 g/mol. The molecule has 150 valence electrons. The minimum Gasteiger partial charge on any atom is -0.460 e. The van der Waals surface area contributed by atoms with Gasteiger partial charge in [-0.05, 0) is 31.2 Å². The Bertz CT molecular complexity index is 1230. The number of nitro groups is 1. The second kappa shape index (κ2) is 7.83. The molecular formula is C19H16N8O3. The third kappa shape index (κ3) is 3.71. The number of nitrogens with two attached hydrogens (primary N) is 1. The highest BCUT2D eigenvalue weighted by Gasteiger charge is 2.20. The van der Waals surface area contributed by atoms with E-state index in [2.05, 4.69) is 25.6 Å². The molecule has 0 saturated heterocycles. The highest BCUT2D eigenvalue weighted by atomic mass is 16.6. The third-order valence-corrected chi connectivity index (χ3v) is 4.14. The molecule has 0 saturated carbocycles. The van der Waals surface area contributed by atoms with Crippen LogP contribution in [-0.4, -0.2) is 30.9 Å². The van der Waals surface area contributed by atoms with Crippen molar-refractivity contribution in [1.82, 2.24) is 19.7 Å². The van der Waals surface area contributed by atoms with Gasteiger partial charge in [0, 0.05) is 11.8 Å². The molecule has 30 heavy (non-hydrogen) atoms. The third-order valence-electron chi connectivity index (χ3n) is 4.14. The van der Waals surface area contributed by atoms with Crippen LogP contribution in [0.1, 0.15) is 11.3 Å². The Morgan fingerprint density at radius 1 is 1.23 bits per heavy atom. The van der Waals surface area contributed by atoms with Crippen LogP contribution in [0.3, 0.4) is 0 Å². The molecule has 0 radical (unpaired) electrons. The van der Waals surface area contributed by atoms with E-state index in [1.54, 1.807) is 10.9 Å². The number of hydrogen-bond acceptors (Lipinski definition) is 9. The lowest BCUT2D eigenvalue weighted by Crippen LogP contribution is -2.04. The van der Waals surface area contributed by atoms with Crippen molar-refractivity contribution in [2.24, 2.45) is 5.10 Å². The van der Waals surface area contributed by atoms with E-state index in [1.165, 1.54) is 6.21 Å². The van der Waals surface area contributed by atoms with Gasteiger partial charge < -0.3 is 10.2 Å². The number of aryl methyl sites for hydroxylation is 1. The molecule has 0 aliphatic rings. The van der Waals surface area contributed by atoms with Crippen molar-refractivity contribution in [3.63, 3.8) is 0 Å². The number of nitrogens with one attached hydrogen (secondary N) is 1. The number of hydrazone groups is 1. The molecule has 0 bridgehead atoms. The van der Waals surface area contributed by atoms with E-state index in [-0.39, 0.29) is 11.6 Å². The molecule has 0 aliphatic heterocycles. The van der Waals surface area contributed by atoms with E-state index in [0.29, 0.717) is 17.0 Å². The minimum absolute atomic E-state index is 0.116. The Morgan fingerprint density at radius 2 is 2.03 bits per heavy atom. The summed E-state index contributed by atoms with van der Waals surface area (Å²) in [6, 6.07) is 13.2. The molecule has 0 amide bonds. The number of benzene rings is 1. The van der Waals surface area contributed by atoms with Crippen LogP contribution in [0.5, 0.6) is 0 Å². The van der Waals surface area contributed by atoms with Gasteiger partial charge in [-0.1, -0.05) is 18.2 Å². The van der Waals surface area contributed by atoms with Gasteiger partial charge in [0.1, 0.15) is 17.8 Å². The van der Waals surface area contributed by atoms with Crippen LogP contribution < -0.4 is 11.2 Å². The summed E-state index contributed by atoms with van der Waals surface area (Å²) in [4.78, 5) is 18.0. The van der Waals surface area contributed by atoms with E-state index >= 15 is 0 Å². The highest BCUT2D eigenvalue weighted by molar-refractivity contribution is 5.88. The molecule has 0 atom stereocenters. The number of nitrogens with zero attached hydrogens (tertiary/aromatic N) is 6. The van der Waals surface area contributed by atoms with Gasteiger partial charge >= 0.3 is 5.69 Å². The predicted molar refractivity (Wildman–Crippen MR) is 110 cm³/mol. The molecule has 11 heteroatoms. The van der Waals surface area contributed by atoms with Crippen LogP contribution in [0.15, 0.2) is 64.5 Å². The van der Waals surface area contributed by atoms with E-state index < -0.39 is 10.6 Å². The number of para-hydroxylation sites is 1. The Balaban J connectivity index is 1.69. The van der Waals surface area contributed by atoms with Gasteiger partial charge in [-0.25, -0.2) is 14.6 Å². The summed E-state index contributed by atoms with van der Waals surface area (Å²) in [5, 5.41) is 19.9. The van der Waals surface area contributed by atoms with Crippen LogP contribution in [0.4, 0.5) is 17.3 Å². The first-order chi connectivity index (χ1) is 14.5. The zero-order chi connectivity index (χ0) is 21.1. The molecule has 4 aromatic rings. The maximum absolute atomic E-state index is 11.2. The number of anilines is 2. The van der Waals surface area contributed by atoms with Crippen molar-refractivity contribution in [1.29, 1.82) is 0 Å². The van der Waals surface area contributed by atoms with Crippen LogP contribution in [0, 0.1) is 17.0 Å². The van der Waals surface area contributed by atoms with E-state index in [4.69, 9.17) is 10.2 Å². The monoisotopic (exact) mass is 404 g/mol. The maximum Gasteiger partial charge on any atom is 0.354 e. The van der Waals surface area contributed by atoms with Crippen LogP contribution >= 0.6 is 0 Å². The Morgan fingerprint density at radius 3 is 2.73 bits per heavy atom. The van der Waals surface area contributed by atoms with Gasteiger partial charge in [-0.2, -0.15) is 10.2 Å². The second-order valence-corrected chi connectivity index (χ2v) is 6.21. The lowest BCUT2D eigenvalue weighted by Gasteiger charge is -2.01. The smallest absolute Gasteiger partial charge is 0.354 e. The normalized spacial score (nSPS) is 11.1. The van der Waals surface area contributed by atoms with Crippen LogP contribution in [0.25, 0.3) is 17.1 Å². The van der Waals surface area contributed by atoms with E-state index in [0.717, 1.165) is 17.8 Å². The quantitative estimate of drug-likeness (QED) is 0.282. The molecule has 0 fully saturated rings. The fraction of sp³-hybridized carbons (Fsp3) is 0.0526. The summed E-state index contributed by atoms with van der Waals surface area (Å²) in [5.41, 5.74) is 9.71. The van der Waals surface area contributed by atoms with Crippen molar-refractivity contribution in [3.05, 3.63) is 76.4 Å². The van der Waals surface area contributed by atoms with Gasteiger partial charge in [0.2, 0.25) is 11.6 Å². The fourth-order valence-electron chi connectivity index (χ4n) is 2.77. The van der Waals surface area contributed by atoms with E-state index in [1.807, 2.05) is 49.4 Å². The summed E-state index contributed by atoms with van der Waals surface area (Å²) in [6.07, 6.45) is 4.36. The molecule has 3 aromatic heterocycles. The SMILES string of the molecule is Cc1ccc(-c2nn(-c3ccccc3)cc2C=NNc2ncnc(N)c2[N+](=O)[O-])o1. The highest BCUT2D eigenvalue weighted by Crippen LogP contribution is 2.27. The molecule has 3 heterocycles. The number of hydrogen-bond donors (Lipinski definition) is 2. The lowest BCUT2D eigenvalue weighted by molar-refractivity contribution is -0.383. The van der Waals surface area contributed by atoms with Crippen LogP contribution in [-0.2, 0) is 0 Å². The van der Waals surface area contributed by atoms with Crippen molar-refractivity contribution >= 4 is 23.5 Å². The Kier molecular flexibility index (Phi) is 4.91. The summed E-state index contributed by atoms with van der Waals surface area (Å²) >= 11 is 0. The molecule has 4 rings (SSSR count). The zero-order valence-electron chi connectivity index (χ0n) is 15.8. The number of nitrogen functional groups attached to an aromatic ring is 1. The van der Waals surface area contributed by atoms with Gasteiger partial charge in [-0.15, -0.1) is 0 Å². The van der Waals surface area contributed by atoms with Crippen molar-refractivity contribution < 1.29 is 9.34 Å². The zero-order valence-corrected chi connectivity index (χ0v) is 15.8. The molecule has 1 aromatic carbocycles. The molecule has 11 nitrogen and oxygen atoms in total. The lowest BCUT2D eigenvalue weighted by atomic mass is 10.2. The second-order valence-electron chi connectivity index (χ2n) is 6.21. The Labute approximate surface area is 170 Å². The minimum atomic E-state index is -0.669. The van der Waals surface area contributed by atoms with Gasteiger partial charge in [0.15, 0.2) is 5.76 Å². The first-order valence-corrected chi connectivity index (χ1v) is 8.79. The molecule has 0 aliphatic carbocycles. The number of rotatable bonds is 6. The number of furan rings is 1. The van der Waals surface area contributed by atoms with Gasteiger partial charge in [0.05, 0.1) is 16.8 Å².